The van der Waals surface area contributed by atoms with Crippen LogP contribution in [0.4, 0.5) is 0 Å². The van der Waals surface area contributed by atoms with Crippen LogP contribution in [0.25, 0.3) is 0 Å². The van der Waals surface area contributed by atoms with E-state index in [9.17, 15) is 19.4 Å². The number of aliphatic hydroxyl groups is 1. The molecule has 0 rings (SSSR count). The number of amides is 1. The molecule has 0 aliphatic heterocycles. The quantitative estimate of drug-likeness (QED) is 0.0272. The lowest BCUT2D eigenvalue weighted by atomic mass is 10.0. The van der Waals surface area contributed by atoms with Gasteiger partial charge in [0.2, 0.25) is 5.91 Å². The van der Waals surface area contributed by atoms with Gasteiger partial charge in [-0.2, -0.15) is 0 Å². The maximum Gasteiger partial charge on any atom is 0.268 e. The summed E-state index contributed by atoms with van der Waals surface area (Å²) in [5.74, 6) is -0.207. The third kappa shape index (κ3) is 64.6. The van der Waals surface area contributed by atoms with Crippen molar-refractivity contribution in [1.29, 1.82) is 0 Å². The topological polar surface area (TPSA) is 108 Å². The lowest BCUT2D eigenvalue weighted by Gasteiger charge is -2.29. The SMILES string of the molecule is CC/C=C\C/C=C\C/C=C\C/C=C\C/C=C\C/C=C\C/C=C\CCCCCCCCCCCCCCCCCCCC(=O)NC(COP(=O)([O-])OCC[N+](C)(C)C)C(O)/C=C/CC/C=C/CCCCCCCCCCCCCCCC. The summed E-state index contributed by atoms with van der Waals surface area (Å²) in [6, 6.07) is -0.909. The number of carbonyl (C=O) groups excluding carboxylic acids is 1. The first-order valence-electron chi connectivity index (χ1n) is 33.7. The second-order valence-corrected chi connectivity index (χ2v) is 25.2. The molecular formula is C72H129N2O6P. The number of phosphoric acid groups is 1. The monoisotopic (exact) mass is 1150 g/mol. The predicted octanol–water partition coefficient (Wildman–Crippen LogP) is 20.9. The molecule has 0 spiro atoms. The zero-order chi connectivity index (χ0) is 59.1. The predicted molar refractivity (Wildman–Crippen MR) is 352 cm³/mol. The van der Waals surface area contributed by atoms with E-state index >= 15 is 0 Å². The van der Waals surface area contributed by atoms with Crippen LogP contribution in [0.15, 0.2) is 109 Å². The van der Waals surface area contributed by atoms with Crippen LogP contribution < -0.4 is 10.2 Å². The first-order chi connectivity index (χ1) is 39.5. The number of rotatable bonds is 61. The molecule has 0 fully saturated rings. The Kier molecular flexibility index (Phi) is 59.5. The summed E-state index contributed by atoms with van der Waals surface area (Å²) in [7, 11) is 1.24. The van der Waals surface area contributed by atoms with Gasteiger partial charge < -0.3 is 28.8 Å². The van der Waals surface area contributed by atoms with Gasteiger partial charge in [0, 0.05) is 6.42 Å². The van der Waals surface area contributed by atoms with Gasteiger partial charge in [-0.1, -0.05) is 303 Å². The van der Waals surface area contributed by atoms with E-state index in [1.54, 1.807) is 6.08 Å². The molecule has 0 aromatic heterocycles. The molecule has 9 heteroatoms. The fraction of sp³-hybridized carbons (Fsp3) is 0.736. The summed E-state index contributed by atoms with van der Waals surface area (Å²) >= 11 is 0. The summed E-state index contributed by atoms with van der Waals surface area (Å²) in [6.07, 6.45) is 90.6. The van der Waals surface area contributed by atoms with Crippen molar-refractivity contribution in [2.24, 2.45) is 0 Å². The zero-order valence-corrected chi connectivity index (χ0v) is 54.4. The first-order valence-corrected chi connectivity index (χ1v) is 35.2. The van der Waals surface area contributed by atoms with Crippen molar-refractivity contribution in [3.8, 4) is 0 Å². The number of nitrogens with zero attached hydrogens (tertiary/aromatic N) is 1. The van der Waals surface area contributed by atoms with E-state index in [0.29, 0.717) is 17.4 Å². The summed E-state index contributed by atoms with van der Waals surface area (Å²) in [5.41, 5.74) is 0. The average Bonchev–Trinajstić information content (AvgIpc) is 3.43. The van der Waals surface area contributed by atoms with Gasteiger partial charge in [-0.15, -0.1) is 0 Å². The molecule has 0 aliphatic rings. The molecule has 0 heterocycles. The number of phosphoric ester groups is 1. The summed E-state index contributed by atoms with van der Waals surface area (Å²) < 4.78 is 23.4. The number of hydrogen-bond acceptors (Lipinski definition) is 6. The van der Waals surface area contributed by atoms with Crippen molar-refractivity contribution < 1.29 is 32.9 Å². The lowest BCUT2D eigenvalue weighted by Crippen LogP contribution is -2.45. The van der Waals surface area contributed by atoms with Crippen molar-refractivity contribution in [1.82, 2.24) is 5.32 Å². The molecule has 468 valence electrons. The maximum absolute atomic E-state index is 13.0. The number of quaternary nitrogens is 1. The molecule has 0 saturated carbocycles. The van der Waals surface area contributed by atoms with E-state index in [4.69, 9.17) is 9.05 Å². The summed E-state index contributed by atoms with van der Waals surface area (Å²) in [4.78, 5) is 25.6. The number of allylic oxidation sites excluding steroid dienone is 17. The first kappa shape index (κ1) is 78.2. The summed E-state index contributed by atoms with van der Waals surface area (Å²) in [6.45, 7) is 4.53. The highest BCUT2D eigenvalue weighted by atomic mass is 31.2. The average molecular weight is 1150 g/mol. The molecule has 3 unspecified atom stereocenters. The van der Waals surface area contributed by atoms with E-state index < -0.39 is 26.6 Å². The fourth-order valence-electron chi connectivity index (χ4n) is 9.50. The van der Waals surface area contributed by atoms with Gasteiger partial charge >= 0.3 is 0 Å². The number of nitrogens with one attached hydrogen (secondary N) is 1. The molecule has 81 heavy (non-hydrogen) atoms. The maximum atomic E-state index is 13.0. The van der Waals surface area contributed by atoms with E-state index in [2.05, 4.69) is 116 Å². The van der Waals surface area contributed by atoms with E-state index in [0.717, 1.165) is 83.5 Å². The molecule has 3 atom stereocenters. The standard InChI is InChI=1S/C72H129N2O6P/c1-6-8-10-12-14-16-18-20-22-24-26-28-29-30-31-32-33-34-35-36-37-38-39-40-41-42-43-44-45-46-48-50-52-54-56-58-60-62-64-66-72(76)73-70(69-80-81(77,78)79-68-67-74(3,4)5)71(75)65-63-61-59-57-55-53-51-49-47-27-25-23-21-19-17-15-13-11-9-7-2/h8,10,14,16,20,22,26,28,30-31,33-34,36-37,55,57,63,65,70-71,75H,6-7,9,11-13,15,17-19,21,23-25,27,29,32,35,38-54,56,58-62,64,66-69H2,1-5H3,(H-,73,76,77,78)/b10-8-,16-14-,22-20-,28-26-,31-30-,34-33-,37-36-,57-55+,65-63+. The van der Waals surface area contributed by atoms with Crippen molar-refractivity contribution >= 4 is 13.7 Å². The zero-order valence-electron chi connectivity index (χ0n) is 53.5. The Bertz CT molecular complexity index is 1690. The second kappa shape index (κ2) is 61.7. The smallest absolute Gasteiger partial charge is 0.268 e. The van der Waals surface area contributed by atoms with Gasteiger partial charge in [0.15, 0.2) is 0 Å². The van der Waals surface area contributed by atoms with Crippen LogP contribution >= 0.6 is 7.82 Å². The highest BCUT2D eigenvalue weighted by molar-refractivity contribution is 7.45. The minimum Gasteiger partial charge on any atom is -0.756 e. The number of hydrogen-bond donors (Lipinski definition) is 2. The Labute approximate surface area is 501 Å². The third-order valence-corrected chi connectivity index (χ3v) is 15.7. The second-order valence-electron chi connectivity index (χ2n) is 23.8. The molecule has 0 aromatic rings. The van der Waals surface area contributed by atoms with Gasteiger partial charge in [-0.25, -0.2) is 0 Å². The van der Waals surface area contributed by atoms with E-state index in [1.807, 2.05) is 27.2 Å². The molecule has 8 nitrogen and oxygen atoms in total. The van der Waals surface area contributed by atoms with Crippen molar-refractivity contribution in [3.63, 3.8) is 0 Å². The molecule has 0 saturated heterocycles. The number of carbonyl (C=O) groups is 1. The number of unbranched alkanes of at least 4 members (excludes halogenated alkanes) is 32. The normalized spacial score (nSPS) is 14.4. The Morgan fingerprint density at radius 3 is 1.15 bits per heavy atom. The van der Waals surface area contributed by atoms with Crippen LogP contribution in [0.3, 0.4) is 0 Å². The highest BCUT2D eigenvalue weighted by Gasteiger charge is 2.23. The van der Waals surface area contributed by atoms with Gasteiger partial charge in [-0.3, -0.25) is 9.36 Å². The van der Waals surface area contributed by atoms with Crippen LogP contribution in [-0.4, -0.2) is 68.5 Å². The lowest BCUT2D eigenvalue weighted by molar-refractivity contribution is -0.870. The number of likely N-dealkylation sites (N-methyl/N-ethyl adjacent to an activating group) is 1. The van der Waals surface area contributed by atoms with Gasteiger partial charge in [-0.05, 0) is 89.9 Å². The molecule has 0 bridgehead atoms. The van der Waals surface area contributed by atoms with Crippen LogP contribution in [0.2, 0.25) is 0 Å². The Morgan fingerprint density at radius 2 is 0.765 bits per heavy atom. The molecule has 0 aromatic carbocycles. The van der Waals surface area contributed by atoms with Crippen molar-refractivity contribution in [2.45, 2.75) is 302 Å². The van der Waals surface area contributed by atoms with Gasteiger partial charge in [0.05, 0.1) is 39.9 Å². The van der Waals surface area contributed by atoms with Gasteiger partial charge in [0.1, 0.15) is 13.2 Å². The molecule has 0 aliphatic carbocycles. The van der Waals surface area contributed by atoms with E-state index in [-0.39, 0.29) is 12.5 Å². The molecular weight excluding hydrogens is 1020 g/mol. The Balaban J connectivity index is 4.06. The van der Waals surface area contributed by atoms with Crippen molar-refractivity contribution in [2.75, 3.05) is 40.9 Å². The molecule has 0 radical (unpaired) electrons. The molecule has 1 amide bonds. The minimum atomic E-state index is -4.61. The fourth-order valence-corrected chi connectivity index (χ4v) is 10.2. The minimum absolute atomic E-state index is 0.00890. The molecule has 2 N–H and O–H groups in total. The Morgan fingerprint density at radius 1 is 0.444 bits per heavy atom. The van der Waals surface area contributed by atoms with Crippen molar-refractivity contribution in [3.05, 3.63) is 109 Å². The van der Waals surface area contributed by atoms with Gasteiger partial charge in [0.25, 0.3) is 7.82 Å². The van der Waals surface area contributed by atoms with Crippen LogP contribution in [0, 0.1) is 0 Å². The van der Waals surface area contributed by atoms with E-state index in [1.165, 1.54) is 186 Å². The Hall–Kier alpha value is -2.84. The van der Waals surface area contributed by atoms with Crippen LogP contribution in [0.1, 0.15) is 290 Å². The largest absolute Gasteiger partial charge is 0.756 e. The highest BCUT2D eigenvalue weighted by Crippen LogP contribution is 2.38. The summed E-state index contributed by atoms with van der Waals surface area (Å²) in [5, 5.41) is 13.9. The van der Waals surface area contributed by atoms with Crippen LogP contribution in [0.5, 0.6) is 0 Å². The number of aliphatic hydroxyl groups excluding tert-OH is 1. The van der Waals surface area contributed by atoms with Crippen LogP contribution in [-0.2, 0) is 18.4 Å². The third-order valence-electron chi connectivity index (χ3n) is 14.7.